The molecule has 0 aliphatic heterocycles. The molecule has 0 fully saturated rings. The Hall–Kier alpha value is -0.600. The Morgan fingerprint density at radius 3 is 2.44 bits per heavy atom. The Morgan fingerprint density at radius 2 is 2.22 bits per heavy atom. The van der Waals surface area contributed by atoms with Crippen molar-refractivity contribution in [2.75, 3.05) is 0 Å². The quantitative estimate of drug-likeness (QED) is 0.408. The van der Waals surface area contributed by atoms with E-state index in [9.17, 15) is 0 Å². The lowest BCUT2D eigenvalue weighted by molar-refractivity contribution is 1.05. The Kier molecular flexibility index (Phi) is 5.17. The third-order valence-electron chi connectivity index (χ3n) is 1.30. The van der Waals surface area contributed by atoms with Gasteiger partial charge in [0.15, 0.2) is 0 Å². The molecular formula is C7H14N2. The molecule has 0 atom stereocenters. The fraction of sp³-hybridized carbons (Fsp3) is 0.429. The van der Waals surface area contributed by atoms with Crippen molar-refractivity contribution in [1.82, 2.24) is 0 Å². The van der Waals surface area contributed by atoms with Gasteiger partial charge in [-0.05, 0) is 12.8 Å². The number of nitrogens with two attached hydrogens (primary N) is 2. The number of allylic oxidation sites excluding steroid dienone is 4. The number of hydrazine groups is 1. The first kappa shape index (κ1) is 8.40. The fourth-order valence-corrected chi connectivity index (χ4v) is 0.754. The molecule has 0 spiro atoms. The maximum atomic E-state index is 4.00. The van der Waals surface area contributed by atoms with Crippen molar-refractivity contribution in [3.63, 3.8) is 0 Å². The van der Waals surface area contributed by atoms with Crippen molar-refractivity contribution in [3.8, 4) is 0 Å². The summed E-state index contributed by atoms with van der Waals surface area (Å²) in [4.78, 5) is 0. The molecule has 2 heteroatoms. The van der Waals surface area contributed by atoms with Crippen LogP contribution in [-0.4, -0.2) is 0 Å². The average Bonchev–Trinajstić information content (AvgIpc) is 2.43. The maximum absolute atomic E-state index is 4.00. The van der Waals surface area contributed by atoms with Crippen LogP contribution < -0.4 is 11.7 Å². The number of rotatable bonds is 1. The molecule has 0 amide bonds. The largest absolute Gasteiger partial charge is 0.274 e. The summed E-state index contributed by atoms with van der Waals surface area (Å²) in [6, 6.07) is 0. The third-order valence-corrected chi connectivity index (χ3v) is 1.30. The minimum absolute atomic E-state index is 1.19. The lowest BCUT2D eigenvalue weighted by Crippen LogP contribution is -2.02. The zero-order valence-corrected chi connectivity index (χ0v) is 5.80. The average molecular weight is 126 g/mol. The van der Waals surface area contributed by atoms with Gasteiger partial charge in [-0.25, -0.2) is 0 Å². The summed E-state index contributed by atoms with van der Waals surface area (Å²) in [5.74, 6) is 8.00. The first-order valence-electron chi connectivity index (χ1n) is 3.11. The van der Waals surface area contributed by atoms with Crippen LogP contribution >= 0.6 is 0 Å². The van der Waals surface area contributed by atoms with E-state index < -0.39 is 0 Å². The molecule has 0 saturated carbocycles. The van der Waals surface area contributed by atoms with Gasteiger partial charge in [0.25, 0.3) is 0 Å². The van der Waals surface area contributed by atoms with E-state index in [0.29, 0.717) is 0 Å². The van der Waals surface area contributed by atoms with Crippen LogP contribution in [0.15, 0.2) is 23.8 Å². The minimum Gasteiger partial charge on any atom is -0.274 e. The summed E-state index contributed by atoms with van der Waals surface area (Å²) in [6.45, 7) is 2.19. The van der Waals surface area contributed by atoms with Crippen LogP contribution in [0, 0.1) is 0 Å². The number of hydrogen-bond acceptors (Lipinski definition) is 2. The first-order chi connectivity index (χ1) is 4.43. The second-order valence-corrected chi connectivity index (χ2v) is 1.81. The molecule has 0 aromatic heterocycles. The summed E-state index contributed by atoms with van der Waals surface area (Å²) in [5.41, 5.74) is 1.56. The monoisotopic (exact) mass is 126 g/mol. The van der Waals surface area contributed by atoms with Gasteiger partial charge in [0, 0.05) is 0 Å². The maximum Gasteiger partial charge on any atom is -0.0133 e. The van der Waals surface area contributed by atoms with E-state index in [4.69, 9.17) is 0 Å². The standard InChI is InChI=1S/C7H10.H4N2/c1-2-7-5-3-4-6-7;1-2/h3-5H,2,6H2,1H3;1-2H2. The summed E-state index contributed by atoms with van der Waals surface area (Å²) in [6.07, 6.45) is 8.92. The molecular weight excluding hydrogens is 112 g/mol. The second kappa shape index (κ2) is 5.54. The Bertz CT molecular complexity index is 114. The van der Waals surface area contributed by atoms with Crippen LogP contribution in [0.4, 0.5) is 0 Å². The zero-order chi connectivity index (χ0) is 7.11. The Morgan fingerprint density at radius 1 is 1.56 bits per heavy atom. The number of hydrogen-bond donors (Lipinski definition) is 2. The third kappa shape index (κ3) is 3.06. The van der Waals surface area contributed by atoms with E-state index in [1.54, 1.807) is 5.57 Å². The Balaban J connectivity index is 0.000000291. The molecule has 0 unspecified atom stereocenters. The van der Waals surface area contributed by atoms with E-state index >= 15 is 0 Å². The van der Waals surface area contributed by atoms with E-state index in [1.807, 2.05) is 0 Å². The normalized spacial score (nSPS) is 14.3. The highest BCUT2D eigenvalue weighted by atomic mass is 15.0. The van der Waals surface area contributed by atoms with Gasteiger partial charge < -0.3 is 0 Å². The minimum atomic E-state index is 1.19. The molecule has 0 aromatic carbocycles. The van der Waals surface area contributed by atoms with E-state index in [2.05, 4.69) is 36.8 Å². The predicted molar refractivity (Wildman–Crippen MR) is 40.5 cm³/mol. The smallest absolute Gasteiger partial charge is 0.0133 e. The molecule has 0 aromatic rings. The Labute approximate surface area is 56.2 Å². The molecule has 0 saturated heterocycles. The molecule has 0 radical (unpaired) electrons. The molecule has 0 heterocycles. The van der Waals surface area contributed by atoms with Crippen molar-refractivity contribution in [2.45, 2.75) is 19.8 Å². The molecule has 1 rings (SSSR count). The molecule has 52 valence electrons. The predicted octanol–water partition coefficient (Wildman–Crippen LogP) is 1.10. The van der Waals surface area contributed by atoms with Crippen LogP contribution in [0.1, 0.15) is 19.8 Å². The van der Waals surface area contributed by atoms with E-state index in [0.717, 1.165) is 0 Å². The molecule has 9 heavy (non-hydrogen) atoms. The summed E-state index contributed by atoms with van der Waals surface area (Å²) in [5, 5.41) is 0. The van der Waals surface area contributed by atoms with Crippen LogP contribution in [0.25, 0.3) is 0 Å². The van der Waals surface area contributed by atoms with Gasteiger partial charge in [0.1, 0.15) is 0 Å². The van der Waals surface area contributed by atoms with Crippen molar-refractivity contribution in [2.24, 2.45) is 11.7 Å². The highest BCUT2D eigenvalue weighted by Gasteiger charge is 1.91. The van der Waals surface area contributed by atoms with Crippen molar-refractivity contribution in [3.05, 3.63) is 23.8 Å². The van der Waals surface area contributed by atoms with Gasteiger partial charge >= 0.3 is 0 Å². The highest BCUT2D eigenvalue weighted by molar-refractivity contribution is 5.22. The van der Waals surface area contributed by atoms with Crippen LogP contribution in [0.2, 0.25) is 0 Å². The second-order valence-electron chi connectivity index (χ2n) is 1.81. The molecule has 1 aliphatic rings. The molecule has 2 nitrogen and oxygen atoms in total. The first-order valence-corrected chi connectivity index (χ1v) is 3.11. The molecule has 1 aliphatic carbocycles. The van der Waals surface area contributed by atoms with Gasteiger partial charge in [0.05, 0.1) is 0 Å². The van der Waals surface area contributed by atoms with Crippen LogP contribution in [-0.2, 0) is 0 Å². The molecule has 0 bridgehead atoms. The summed E-state index contributed by atoms with van der Waals surface area (Å²) in [7, 11) is 0. The van der Waals surface area contributed by atoms with Gasteiger partial charge in [-0.1, -0.05) is 30.7 Å². The molecule has 4 N–H and O–H groups in total. The van der Waals surface area contributed by atoms with Crippen molar-refractivity contribution in [1.29, 1.82) is 0 Å². The van der Waals surface area contributed by atoms with E-state index in [-0.39, 0.29) is 0 Å². The van der Waals surface area contributed by atoms with Crippen molar-refractivity contribution >= 4 is 0 Å². The van der Waals surface area contributed by atoms with Gasteiger partial charge in [-0.3, -0.25) is 11.7 Å². The SMILES string of the molecule is CCC1=CC=CC1.NN. The fourth-order valence-electron chi connectivity index (χ4n) is 0.754. The topological polar surface area (TPSA) is 52.0 Å². The summed E-state index contributed by atoms with van der Waals surface area (Å²) >= 11 is 0. The van der Waals surface area contributed by atoms with Gasteiger partial charge in [-0.2, -0.15) is 0 Å². The zero-order valence-electron chi connectivity index (χ0n) is 5.80. The van der Waals surface area contributed by atoms with Gasteiger partial charge in [0.2, 0.25) is 0 Å². The summed E-state index contributed by atoms with van der Waals surface area (Å²) < 4.78 is 0. The lowest BCUT2D eigenvalue weighted by Gasteiger charge is -1.88. The van der Waals surface area contributed by atoms with E-state index in [1.165, 1.54) is 12.8 Å². The highest BCUT2D eigenvalue weighted by Crippen LogP contribution is 2.12. The van der Waals surface area contributed by atoms with Gasteiger partial charge in [-0.15, -0.1) is 0 Å². The lowest BCUT2D eigenvalue weighted by atomic mass is 10.2. The van der Waals surface area contributed by atoms with Crippen LogP contribution in [0.5, 0.6) is 0 Å². The van der Waals surface area contributed by atoms with Crippen LogP contribution in [0.3, 0.4) is 0 Å². The van der Waals surface area contributed by atoms with Crippen molar-refractivity contribution < 1.29 is 0 Å².